The first kappa shape index (κ1) is 58.9. The Bertz CT molecular complexity index is 3440. The molecule has 0 radical (unpaired) electrons. The molecule has 2 saturated carbocycles. The molecule has 4 aromatic carbocycles. The van der Waals surface area contributed by atoms with Crippen LogP contribution in [0.4, 0.5) is 0 Å². The molecule has 7 aliphatic rings. The van der Waals surface area contributed by atoms with E-state index in [1.807, 2.05) is 25.2 Å². The average Bonchev–Trinajstić information content (AvgIpc) is 1.58. The van der Waals surface area contributed by atoms with Crippen LogP contribution in [0, 0.1) is 29.6 Å². The van der Waals surface area contributed by atoms with Crippen molar-refractivity contribution in [3.05, 3.63) is 120 Å². The SMILES string of the molecule is CNC[C@@H]1C[C@H]2CC[C@@H]3C[C@H]2[C@](O)(C1)c1c3ccc(Cc2c(O)c3c4c(c2O[C@H]2O[C@@H](C)[C@@H](O)C(O)(O)[C@H]2OC[C@H]2CCN=C(N)N2)CC#C[C@H](N)CC[C@@H](O)Cc2cccc(c2)/C=C/c2c(OC(C)=O)cc(CO)c(c2C4=O)C3=O)c1C=O. The highest BCUT2D eigenvalue weighted by atomic mass is 16.7. The Morgan fingerprint density at radius 3 is 2.54 bits per heavy atom. The van der Waals surface area contributed by atoms with Gasteiger partial charge >= 0.3 is 5.97 Å². The van der Waals surface area contributed by atoms with Gasteiger partial charge in [0.2, 0.25) is 12.1 Å². The van der Waals surface area contributed by atoms with Crippen LogP contribution in [0.3, 0.4) is 0 Å². The number of aromatic hydroxyl groups is 1. The van der Waals surface area contributed by atoms with Gasteiger partial charge in [-0.1, -0.05) is 54.3 Å². The number of phenolic OH excluding ortho intramolecular Hbond substituents is 1. The van der Waals surface area contributed by atoms with Crippen molar-refractivity contribution in [3.63, 3.8) is 0 Å². The molecule has 4 aromatic rings. The van der Waals surface area contributed by atoms with Crippen LogP contribution < -0.4 is 31.6 Å². The zero-order valence-corrected chi connectivity index (χ0v) is 47.2. The minimum absolute atomic E-state index is 0.0356. The van der Waals surface area contributed by atoms with Gasteiger partial charge in [-0.05, 0) is 147 Å². The van der Waals surface area contributed by atoms with Gasteiger partial charge in [0, 0.05) is 65.3 Å². The van der Waals surface area contributed by atoms with Gasteiger partial charge in [-0.3, -0.25) is 24.2 Å². The van der Waals surface area contributed by atoms with Crippen molar-refractivity contribution in [2.45, 2.75) is 151 Å². The van der Waals surface area contributed by atoms with E-state index in [-0.39, 0.29) is 106 Å². The molecule has 0 unspecified atom stereocenters. The predicted octanol–water partition coefficient (Wildman–Crippen LogP) is 3.29. The van der Waals surface area contributed by atoms with Gasteiger partial charge < -0.3 is 76.8 Å². The largest absolute Gasteiger partial charge is 0.507 e. The first-order valence-corrected chi connectivity index (χ1v) is 29.0. The number of nitrogens with two attached hydrogens (primary N) is 2. The van der Waals surface area contributed by atoms with Crippen LogP contribution in [0.1, 0.15) is 163 Å². The highest BCUT2D eigenvalue weighted by Gasteiger charge is 2.58. The molecule has 20 nitrogen and oxygen atoms in total. The van der Waals surface area contributed by atoms with E-state index in [1.54, 1.807) is 24.3 Å². The fraction of sp³-hybridized carbons (Fsp3) is 0.484. The molecule has 2 aliphatic heterocycles. The third-order valence-electron chi connectivity index (χ3n) is 18.4. The zero-order chi connectivity index (χ0) is 59.5. The molecule has 3 fully saturated rings. The highest BCUT2D eigenvalue weighted by molar-refractivity contribution is 6.32. The number of benzene rings is 4. The van der Waals surface area contributed by atoms with Crippen molar-refractivity contribution in [1.29, 1.82) is 0 Å². The first-order chi connectivity index (χ1) is 40.2. The van der Waals surface area contributed by atoms with E-state index in [4.69, 9.17) is 30.4 Å². The van der Waals surface area contributed by atoms with Gasteiger partial charge in [-0.15, -0.1) is 0 Å². The first-order valence-electron chi connectivity index (χ1n) is 29.0. The van der Waals surface area contributed by atoms with Crippen molar-refractivity contribution in [3.8, 4) is 29.1 Å². The summed E-state index contributed by atoms with van der Waals surface area (Å²) in [6, 6.07) is 10.8. The minimum atomic E-state index is -3.09. The molecular weight excluding hydrogens is 1080 g/mol. The van der Waals surface area contributed by atoms with Crippen molar-refractivity contribution in [1.82, 2.24) is 10.6 Å². The normalized spacial score (nSPS) is 29.8. The number of nitrogens with one attached hydrogen (secondary N) is 2. The number of phenols is 1. The summed E-state index contributed by atoms with van der Waals surface area (Å²) in [6.07, 6.45) is -0.00783. The smallest absolute Gasteiger partial charge is 0.308 e. The molecule has 13 N–H and O–H groups in total. The Hall–Kier alpha value is -6.87. The van der Waals surface area contributed by atoms with Gasteiger partial charge in [-0.2, -0.15) is 0 Å². The summed E-state index contributed by atoms with van der Waals surface area (Å²) in [6.45, 7) is 2.43. The second-order valence-corrected chi connectivity index (χ2v) is 23.9. The number of rotatable bonds is 12. The van der Waals surface area contributed by atoms with Gasteiger partial charge in [-0.25, -0.2) is 0 Å². The molecule has 11 rings (SSSR count). The van der Waals surface area contributed by atoms with E-state index in [2.05, 4.69) is 27.5 Å². The van der Waals surface area contributed by atoms with Gasteiger partial charge in [0.1, 0.15) is 23.4 Å². The Labute approximate surface area is 486 Å². The van der Waals surface area contributed by atoms with Crippen molar-refractivity contribution in [2.24, 2.45) is 34.2 Å². The second kappa shape index (κ2) is 23.5. The van der Waals surface area contributed by atoms with Crippen molar-refractivity contribution < 1.29 is 73.9 Å². The molecule has 5 aliphatic carbocycles. The third kappa shape index (κ3) is 10.7. The average molecular weight is 1150 g/mol. The Morgan fingerprint density at radius 2 is 1.79 bits per heavy atom. The number of carbonyl (C=O) groups is 4. The van der Waals surface area contributed by atoms with Crippen LogP contribution >= 0.6 is 0 Å². The predicted molar refractivity (Wildman–Crippen MR) is 307 cm³/mol. The maximum atomic E-state index is 16.2. The number of esters is 1. The number of carbonyl (C=O) groups excluding carboxylic acids is 4. The van der Waals surface area contributed by atoms with Crippen molar-refractivity contribution in [2.75, 3.05) is 26.7 Å². The van der Waals surface area contributed by atoms with Crippen LogP contribution in [-0.4, -0.2) is 141 Å². The minimum Gasteiger partial charge on any atom is -0.507 e. The number of hydrogen-bond acceptors (Lipinski definition) is 20. The van der Waals surface area contributed by atoms with Crippen molar-refractivity contribution >= 4 is 41.9 Å². The van der Waals surface area contributed by atoms with Crippen LogP contribution in [-0.2, 0) is 45.7 Å². The molecule has 1 saturated heterocycles. The van der Waals surface area contributed by atoms with E-state index < -0.39 is 108 Å². The van der Waals surface area contributed by atoms with Crippen LogP contribution in [0.25, 0.3) is 12.2 Å². The molecule has 0 aromatic heterocycles. The molecule has 84 heavy (non-hydrogen) atoms. The lowest BCUT2D eigenvalue weighted by Gasteiger charge is -2.56. The van der Waals surface area contributed by atoms with Crippen LogP contribution in [0.5, 0.6) is 17.2 Å². The number of guanidine groups is 1. The lowest BCUT2D eigenvalue weighted by molar-refractivity contribution is -0.379. The monoisotopic (exact) mass is 1150 g/mol. The molecule has 20 heteroatoms. The summed E-state index contributed by atoms with van der Waals surface area (Å²) in [7, 11) is 1.87. The summed E-state index contributed by atoms with van der Waals surface area (Å²) >= 11 is 0. The second-order valence-electron chi connectivity index (χ2n) is 23.9. The summed E-state index contributed by atoms with van der Waals surface area (Å²) in [5.41, 5.74) is 12.5. The van der Waals surface area contributed by atoms with Gasteiger partial charge in [0.15, 0.2) is 29.9 Å². The fourth-order valence-corrected chi connectivity index (χ4v) is 14.6. The van der Waals surface area contributed by atoms with E-state index in [1.165, 1.54) is 19.1 Å². The summed E-state index contributed by atoms with van der Waals surface area (Å²) in [4.78, 5) is 63.1. The van der Waals surface area contributed by atoms with Gasteiger partial charge in [0.25, 0.3) is 0 Å². The number of aliphatic hydroxyl groups excluding tert-OH is 3. The number of ether oxygens (including phenoxy) is 4. The zero-order valence-electron chi connectivity index (χ0n) is 47.2. The molecule has 12 atom stereocenters. The number of aldehydes is 1. The quantitative estimate of drug-likeness (QED) is 0.0281. The molecule has 6 bridgehead atoms. The molecule has 2 heterocycles. The Kier molecular flexibility index (Phi) is 16.5. The standard InChI is InChI=1S/C64H73N5O15/c1-31-59(77)64(79,80)60(81-30-41-18-19-68-62(66)69-41)61(82-31)84-58-45-9-5-8-40(65)14-15-42(73)22-34-7-4-6-33(20-34)10-16-44-49(83-32(2)72)25-39(28-70)50-51(44)57(76)52(45)53(56(50)75)55(74)46(58)23-36-13-17-43-37-11-12-38-21-35(27-67-3)26-63(78,48(38)24-37)54(43)47(36)29-71/h4,6-7,10,13,16-17,20,25,29,31,35,37-38,40-42,48,59-61,67,70,73-74,77-80H,9,11-12,14-15,18-19,21-24,26-28,30,65H2,1-3H3,(H3,66,68,69)/b16-10+/t31-,35+,37+,38+,40-,41+,42+,48+,59+,60-,61+,63+/m0/s1. The molecule has 0 amide bonds. The summed E-state index contributed by atoms with van der Waals surface area (Å²) < 4.78 is 25.2. The number of fused-ring (bicyclic) bond motifs is 6. The number of hydrogen-bond donors (Lipinski definition) is 11. The lowest BCUT2D eigenvalue weighted by atomic mass is 9.51. The summed E-state index contributed by atoms with van der Waals surface area (Å²) in [5, 5.41) is 90.3. The van der Waals surface area contributed by atoms with Crippen LogP contribution in [0.2, 0.25) is 0 Å². The Balaban J connectivity index is 1.17. The molecule has 444 valence electrons. The van der Waals surface area contributed by atoms with E-state index >= 15 is 9.59 Å². The number of aliphatic hydroxyl groups is 6. The molecule has 0 spiro atoms. The van der Waals surface area contributed by atoms with E-state index in [0.717, 1.165) is 43.7 Å². The third-order valence-corrected chi connectivity index (χ3v) is 18.4. The number of ketones is 2. The Morgan fingerprint density at radius 1 is 0.988 bits per heavy atom. The maximum Gasteiger partial charge on any atom is 0.308 e. The molecular formula is C64H73N5O15. The number of nitrogens with zero attached hydrogens (tertiary/aromatic N) is 1. The lowest BCUT2D eigenvalue weighted by Crippen LogP contribution is -2.68. The van der Waals surface area contributed by atoms with Crippen LogP contribution in [0.15, 0.2) is 47.5 Å². The highest BCUT2D eigenvalue weighted by Crippen LogP contribution is 2.61. The topological polar surface area (TPSA) is 335 Å². The fourth-order valence-electron chi connectivity index (χ4n) is 14.6. The van der Waals surface area contributed by atoms with E-state index in [9.17, 15) is 45.3 Å². The van der Waals surface area contributed by atoms with E-state index in [0.29, 0.717) is 48.9 Å². The maximum absolute atomic E-state index is 16.2. The summed E-state index contributed by atoms with van der Waals surface area (Å²) in [5.74, 6) is -0.540. The van der Waals surface area contributed by atoms with Gasteiger partial charge in [0.05, 0.1) is 48.7 Å². The number of aliphatic imine (C=N–C) groups is 1.